The fraction of sp³-hybridized carbons (Fsp3) is 0.579. The predicted octanol–water partition coefficient (Wildman–Crippen LogP) is 2.29. The van der Waals surface area contributed by atoms with Crippen molar-refractivity contribution < 1.29 is 23.8 Å². The minimum Gasteiger partial charge on any atom is -0.485 e. The number of carbonyl (C=O) groups is 2. The number of hydrogen-bond donors (Lipinski definition) is 0. The number of para-hydroxylation sites is 2. The fourth-order valence-electron chi connectivity index (χ4n) is 3.10. The molecule has 0 bridgehead atoms. The Labute approximate surface area is 153 Å². The van der Waals surface area contributed by atoms with Gasteiger partial charge < -0.3 is 24.0 Å². The topological polar surface area (TPSA) is 68.3 Å². The van der Waals surface area contributed by atoms with E-state index < -0.39 is 11.7 Å². The number of ether oxygens (including phenoxy) is 3. The van der Waals surface area contributed by atoms with E-state index in [-0.39, 0.29) is 24.6 Å². The van der Waals surface area contributed by atoms with Gasteiger partial charge in [-0.25, -0.2) is 4.79 Å². The van der Waals surface area contributed by atoms with Gasteiger partial charge in [0.2, 0.25) is 6.10 Å². The summed E-state index contributed by atoms with van der Waals surface area (Å²) in [4.78, 5) is 28.3. The van der Waals surface area contributed by atoms with Crippen molar-refractivity contribution in [1.29, 1.82) is 0 Å². The van der Waals surface area contributed by atoms with Gasteiger partial charge in [0.1, 0.15) is 12.2 Å². The summed E-state index contributed by atoms with van der Waals surface area (Å²) in [6.07, 6.45) is -0.302. The first-order chi connectivity index (χ1) is 12.2. The van der Waals surface area contributed by atoms with Gasteiger partial charge in [0.05, 0.1) is 6.04 Å². The Morgan fingerprint density at radius 2 is 1.92 bits per heavy atom. The second kappa shape index (κ2) is 7.05. The molecule has 7 heteroatoms. The van der Waals surface area contributed by atoms with E-state index in [1.54, 1.807) is 22.9 Å². The summed E-state index contributed by atoms with van der Waals surface area (Å²) in [6, 6.07) is 7.24. The molecular formula is C19H26N2O5. The summed E-state index contributed by atoms with van der Waals surface area (Å²) in [5, 5.41) is 0. The van der Waals surface area contributed by atoms with Crippen molar-refractivity contribution >= 4 is 12.0 Å². The Hall–Kier alpha value is -2.44. The molecule has 0 N–H and O–H groups in total. The van der Waals surface area contributed by atoms with E-state index in [4.69, 9.17) is 14.2 Å². The first-order valence-corrected chi connectivity index (χ1v) is 8.87. The molecule has 26 heavy (non-hydrogen) atoms. The van der Waals surface area contributed by atoms with E-state index in [0.29, 0.717) is 31.0 Å². The number of likely N-dealkylation sites (tertiary alicyclic amines) is 1. The van der Waals surface area contributed by atoms with Crippen molar-refractivity contribution in [2.45, 2.75) is 44.9 Å². The Morgan fingerprint density at radius 3 is 2.62 bits per heavy atom. The monoisotopic (exact) mass is 362 g/mol. The molecule has 3 rings (SSSR count). The lowest BCUT2D eigenvalue weighted by atomic mass is 10.2. The van der Waals surface area contributed by atoms with Crippen LogP contribution in [0.4, 0.5) is 4.79 Å². The molecule has 2 aliphatic rings. The van der Waals surface area contributed by atoms with Gasteiger partial charge in [-0.3, -0.25) is 4.79 Å². The molecule has 0 radical (unpaired) electrons. The zero-order valence-corrected chi connectivity index (χ0v) is 15.7. The molecule has 2 heterocycles. The molecule has 2 atom stereocenters. The van der Waals surface area contributed by atoms with Crippen molar-refractivity contribution in [3.05, 3.63) is 24.3 Å². The first kappa shape index (κ1) is 18.4. The lowest BCUT2D eigenvalue weighted by Gasteiger charge is -2.31. The summed E-state index contributed by atoms with van der Waals surface area (Å²) < 4.78 is 16.8. The third-order valence-corrected chi connectivity index (χ3v) is 4.49. The van der Waals surface area contributed by atoms with E-state index in [1.165, 1.54) is 0 Å². The van der Waals surface area contributed by atoms with Crippen LogP contribution in [-0.4, -0.2) is 66.3 Å². The number of rotatable bonds is 2. The van der Waals surface area contributed by atoms with Crippen molar-refractivity contribution in [1.82, 2.24) is 9.80 Å². The van der Waals surface area contributed by atoms with Crippen molar-refractivity contribution in [2.24, 2.45) is 0 Å². The third kappa shape index (κ3) is 4.03. The molecule has 2 amide bonds. The largest absolute Gasteiger partial charge is 0.485 e. The first-order valence-electron chi connectivity index (χ1n) is 8.87. The van der Waals surface area contributed by atoms with Crippen LogP contribution in [0.15, 0.2) is 24.3 Å². The van der Waals surface area contributed by atoms with E-state index in [9.17, 15) is 9.59 Å². The molecule has 0 spiro atoms. The van der Waals surface area contributed by atoms with Gasteiger partial charge in [-0.05, 0) is 39.3 Å². The molecule has 1 fully saturated rings. The number of nitrogens with zero attached hydrogens (tertiary/aromatic N) is 2. The molecule has 1 aromatic carbocycles. The van der Waals surface area contributed by atoms with Crippen LogP contribution in [0.25, 0.3) is 0 Å². The van der Waals surface area contributed by atoms with Crippen LogP contribution in [0.3, 0.4) is 0 Å². The smallest absolute Gasteiger partial charge is 0.410 e. The van der Waals surface area contributed by atoms with Crippen molar-refractivity contribution in [2.75, 3.05) is 26.7 Å². The number of amides is 2. The van der Waals surface area contributed by atoms with Gasteiger partial charge in [-0.2, -0.15) is 0 Å². The summed E-state index contributed by atoms with van der Waals surface area (Å²) in [5.74, 6) is 1.08. The van der Waals surface area contributed by atoms with Gasteiger partial charge >= 0.3 is 6.09 Å². The number of carbonyl (C=O) groups excluding carboxylic acids is 2. The van der Waals surface area contributed by atoms with E-state index in [2.05, 4.69) is 0 Å². The number of fused-ring (bicyclic) bond motifs is 1. The average molecular weight is 362 g/mol. The lowest BCUT2D eigenvalue weighted by Crippen LogP contribution is -2.49. The molecule has 0 aliphatic carbocycles. The highest BCUT2D eigenvalue weighted by molar-refractivity contribution is 5.82. The van der Waals surface area contributed by atoms with Crippen LogP contribution in [0.1, 0.15) is 27.2 Å². The summed E-state index contributed by atoms with van der Waals surface area (Å²) in [6.45, 7) is 6.73. The molecule has 0 aromatic heterocycles. The SMILES string of the molecule is CN(C(=O)[C@H]1COc2ccccc2O1)[C@H]1CCN(C(=O)OC(C)(C)C)C1. The van der Waals surface area contributed by atoms with Gasteiger partial charge in [-0.15, -0.1) is 0 Å². The molecule has 0 unspecified atom stereocenters. The Bertz CT molecular complexity index is 685. The number of likely N-dealkylation sites (N-methyl/N-ethyl adjacent to an activating group) is 1. The minimum absolute atomic E-state index is 0.0595. The van der Waals surface area contributed by atoms with E-state index in [0.717, 1.165) is 0 Å². The van der Waals surface area contributed by atoms with Crippen LogP contribution in [0, 0.1) is 0 Å². The number of hydrogen-bond acceptors (Lipinski definition) is 5. The molecule has 0 saturated carbocycles. The zero-order valence-electron chi connectivity index (χ0n) is 15.7. The summed E-state index contributed by atoms with van der Waals surface area (Å²) in [5.41, 5.74) is -0.530. The van der Waals surface area contributed by atoms with Crippen LogP contribution < -0.4 is 9.47 Å². The van der Waals surface area contributed by atoms with Gasteiger partial charge in [0.15, 0.2) is 11.5 Å². The lowest BCUT2D eigenvalue weighted by molar-refractivity contribution is -0.141. The Balaban J connectivity index is 1.57. The van der Waals surface area contributed by atoms with E-state index >= 15 is 0 Å². The molecule has 142 valence electrons. The Kier molecular flexibility index (Phi) is 4.98. The van der Waals surface area contributed by atoms with Gasteiger partial charge in [-0.1, -0.05) is 12.1 Å². The highest BCUT2D eigenvalue weighted by Gasteiger charge is 2.37. The highest BCUT2D eigenvalue weighted by Crippen LogP contribution is 2.31. The fourth-order valence-corrected chi connectivity index (χ4v) is 3.10. The number of benzene rings is 1. The summed E-state index contributed by atoms with van der Waals surface area (Å²) >= 11 is 0. The summed E-state index contributed by atoms with van der Waals surface area (Å²) in [7, 11) is 1.75. The van der Waals surface area contributed by atoms with Crippen LogP contribution in [-0.2, 0) is 9.53 Å². The molecule has 1 saturated heterocycles. The maximum Gasteiger partial charge on any atom is 0.410 e. The molecule has 7 nitrogen and oxygen atoms in total. The van der Waals surface area contributed by atoms with E-state index in [1.807, 2.05) is 39.0 Å². The standard InChI is InChI=1S/C19H26N2O5/c1-19(2,3)26-18(23)21-10-9-13(11-21)20(4)17(22)16-12-24-14-7-5-6-8-15(14)25-16/h5-8,13,16H,9-12H2,1-4H3/t13-,16+/m0/s1. The third-order valence-electron chi connectivity index (χ3n) is 4.49. The van der Waals surface area contributed by atoms with Crippen LogP contribution in [0.2, 0.25) is 0 Å². The van der Waals surface area contributed by atoms with Gasteiger partial charge in [0, 0.05) is 20.1 Å². The second-order valence-electron chi connectivity index (χ2n) is 7.68. The maximum atomic E-state index is 12.8. The molecule has 2 aliphatic heterocycles. The highest BCUT2D eigenvalue weighted by atomic mass is 16.6. The minimum atomic E-state index is -0.675. The quantitative estimate of drug-likeness (QED) is 0.807. The normalized spacial score (nSPS) is 22.1. The van der Waals surface area contributed by atoms with Crippen LogP contribution >= 0.6 is 0 Å². The second-order valence-corrected chi connectivity index (χ2v) is 7.68. The molecule has 1 aromatic rings. The van der Waals surface area contributed by atoms with Crippen LogP contribution in [0.5, 0.6) is 11.5 Å². The van der Waals surface area contributed by atoms with Crippen molar-refractivity contribution in [3.8, 4) is 11.5 Å². The van der Waals surface area contributed by atoms with Crippen molar-refractivity contribution in [3.63, 3.8) is 0 Å². The molecular weight excluding hydrogens is 336 g/mol. The Morgan fingerprint density at radius 1 is 1.23 bits per heavy atom. The predicted molar refractivity (Wildman–Crippen MR) is 95.3 cm³/mol. The average Bonchev–Trinajstić information content (AvgIpc) is 3.09. The zero-order chi connectivity index (χ0) is 18.9. The van der Waals surface area contributed by atoms with Gasteiger partial charge in [0.25, 0.3) is 5.91 Å². The maximum absolute atomic E-state index is 12.8.